The van der Waals surface area contributed by atoms with E-state index in [1.807, 2.05) is 36.4 Å². The molecule has 38 heavy (non-hydrogen) atoms. The number of thiophene rings is 1. The average molecular weight is 568 g/mol. The molecule has 5 rings (SSSR count). The Morgan fingerprint density at radius 1 is 1.03 bits per heavy atom. The largest absolute Gasteiger partial charge is 0.486 e. The minimum atomic E-state index is -2.95. The Hall–Kier alpha value is -3.31. The zero-order valence-corrected chi connectivity index (χ0v) is 23.0. The van der Waals surface area contributed by atoms with Gasteiger partial charge in [-0.2, -0.15) is 0 Å². The van der Waals surface area contributed by atoms with E-state index in [0.29, 0.717) is 36.3 Å². The summed E-state index contributed by atoms with van der Waals surface area (Å²) in [4.78, 5) is 14.2. The molecule has 196 valence electrons. The van der Waals surface area contributed by atoms with Crippen LogP contribution in [0.15, 0.2) is 67.1 Å². The van der Waals surface area contributed by atoms with Gasteiger partial charge in [-0.15, -0.1) is 11.3 Å². The van der Waals surface area contributed by atoms with E-state index in [2.05, 4.69) is 43.8 Å². The standard InChI is InChI=1S/C27H26ClN5O3S2/c1-38(34,35)13-12-29-11-9-18-5-7-21-24(14-18)37-27-25(21)26(31-17-32-27)33-19-6-8-23(22(28)15-19)36-16-20-4-2-3-10-30-20/h2-8,10,14-15,17,29H,9,11-13,16H2,1H3,(H,31,32,33). The number of benzene rings is 2. The molecule has 0 bridgehead atoms. The van der Waals surface area contributed by atoms with E-state index >= 15 is 0 Å². The third-order valence-electron chi connectivity index (χ3n) is 5.87. The second-order valence-electron chi connectivity index (χ2n) is 8.84. The maximum Gasteiger partial charge on any atom is 0.148 e. The van der Waals surface area contributed by atoms with Crippen LogP contribution >= 0.6 is 22.9 Å². The van der Waals surface area contributed by atoms with Gasteiger partial charge in [0, 0.05) is 34.8 Å². The van der Waals surface area contributed by atoms with Gasteiger partial charge in [-0.1, -0.05) is 29.8 Å². The zero-order valence-electron chi connectivity index (χ0n) is 20.6. The van der Waals surface area contributed by atoms with Crippen molar-refractivity contribution in [2.45, 2.75) is 13.0 Å². The number of anilines is 2. The van der Waals surface area contributed by atoms with Crippen LogP contribution in [-0.4, -0.2) is 48.5 Å². The summed E-state index contributed by atoms with van der Waals surface area (Å²) in [7, 11) is -2.95. The van der Waals surface area contributed by atoms with Crippen LogP contribution in [0.4, 0.5) is 11.5 Å². The predicted molar refractivity (Wildman–Crippen MR) is 155 cm³/mol. The SMILES string of the molecule is CS(=O)(=O)CCNCCc1ccc2c(c1)sc1ncnc(Nc3ccc(OCc4ccccn4)c(Cl)c3)c12. The second-order valence-corrected chi connectivity index (χ2v) is 12.5. The van der Waals surface area contributed by atoms with Crippen LogP contribution < -0.4 is 15.4 Å². The van der Waals surface area contributed by atoms with Gasteiger partial charge >= 0.3 is 0 Å². The molecule has 11 heteroatoms. The van der Waals surface area contributed by atoms with Crippen LogP contribution in [0.5, 0.6) is 5.75 Å². The number of hydrogen-bond acceptors (Lipinski definition) is 9. The quantitative estimate of drug-likeness (QED) is 0.205. The van der Waals surface area contributed by atoms with Gasteiger partial charge in [-0.05, 0) is 54.9 Å². The normalized spacial score (nSPS) is 11.7. The number of fused-ring (bicyclic) bond motifs is 3. The van der Waals surface area contributed by atoms with Crippen LogP contribution in [0.25, 0.3) is 20.3 Å². The number of hydrogen-bond donors (Lipinski definition) is 2. The molecule has 5 aromatic rings. The van der Waals surface area contributed by atoms with E-state index in [1.165, 1.54) is 11.8 Å². The molecule has 0 radical (unpaired) electrons. The first-order valence-electron chi connectivity index (χ1n) is 12.0. The van der Waals surface area contributed by atoms with Crippen LogP contribution in [0.1, 0.15) is 11.3 Å². The first kappa shape index (κ1) is 26.3. The summed E-state index contributed by atoms with van der Waals surface area (Å²) in [6, 6.07) is 17.6. The zero-order chi connectivity index (χ0) is 26.5. The van der Waals surface area contributed by atoms with Crippen molar-refractivity contribution in [3.05, 3.63) is 83.4 Å². The molecule has 0 amide bonds. The van der Waals surface area contributed by atoms with Crippen LogP contribution in [0, 0.1) is 0 Å². The molecule has 0 spiro atoms. The Kier molecular flexibility index (Phi) is 8.04. The highest BCUT2D eigenvalue weighted by molar-refractivity contribution is 7.90. The molecule has 0 atom stereocenters. The first-order valence-corrected chi connectivity index (χ1v) is 15.2. The highest BCUT2D eigenvalue weighted by atomic mass is 35.5. The topological polar surface area (TPSA) is 106 Å². The van der Waals surface area contributed by atoms with Crippen LogP contribution in [0.3, 0.4) is 0 Å². The molecule has 0 aliphatic heterocycles. The second kappa shape index (κ2) is 11.6. The fraction of sp³-hybridized carbons (Fsp3) is 0.222. The third-order valence-corrected chi connectivity index (χ3v) is 8.17. The van der Waals surface area contributed by atoms with Crippen molar-refractivity contribution in [3.63, 3.8) is 0 Å². The molecule has 0 fully saturated rings. The van der Waals surface area contributed by atoms with Gasteiger partial charge in [0.05, 0.1) is 21.9 Å². The van der Waals surface area contributed by atoms with Gasteiger partial charge < -0.3 is 15.4 Å². The van der Waals surface area contributed by atoms with Crippen molar-refractivity contribution >= 4 is 64.6 Å². The average Bonchev–Trinajstić information content (AvgIpc) is 3.27. The Morgan fingerprint density at radius 2 is 1.92 bits per heavy atom. The lowest BCUT2D eigenvalue weighted by atomic mass is 10.1. The van der Waals surface area contributed by atoms with Gasteiger partial charge in [0.1, 0.15) is 39.2 Å². The monoisotopic (exact) mass is 567 g/mol. The van der Waals surface area contributed by atoms with E-state index in [-0.39, 0.29) is 5.75 Å². The minimum Gasteiger partial charge on any atom is -0.486 e. The fourth-order valence-corrected chi connectivity index (χ4v) is 5.84. The number of ether oxygens (including phenoxy) is 1. The molecular weight excluding hydrogens is 542 g/mol. The number of nitrogens with zero attached hydrogens (tertiary/aromatic N) is 3. The lowest BCUT2D eigenvalue weighted by molar-refractivity contribution is 0.301. The Balaban J connectivity index is 1.29. The summed E-state index contributed by atoms with van der Waals surface area (Å²) in [5.74, 6) is 1.42. The molecule has 0 aliphatic carbocycles. The van der Waals surface area contributed by atoms with Crippen molar-refractivity contribution in [2.24, 2.45) is 0 Å². The molecular formula is C27H26ClN5O3S2. The van der Waals surface area contributed by atoms with Crippen molar-refractivity contribution in [2.75, 3.05) is 30.4 Å². The summed E-state index contributed by atoms with van der Waals surface area (Å²) >= 11 is 8.12. The fourth-order valence-electron chi connectivity index (χ4n) is 3.98. The van der Waals surface area contributed by atoms with E-state index in [9.17, 15) is 8.42 Å². The smallest absolute Gasteiger partial charge is 0.148 e. The predicted octanol–water partition coefficient (Wildman–Crippen LogP) is 5.39. The number of halogens is 1. The van der Waals surface area contributed by atoms with Crippen molar-refractivity contribution in [1.82, 2.24) is 20.3 Å². The van der Waals surface area contributed by atoms with Crippen LogP contribution in [0.2, 0.25) is 5.02 Å². The van der Waals surface area contributed by atoms with Gasteiger partial charge in [0.2, 0.25) is 0 Å². The number of nitrogens with one attached hydrogen (secondary N) is 2. The summed E-state index contributed by atoms with van der Waals surface area (Å²) in [6.07, 6.45) is 5.34. The van der Waals surface area contributed by atoms with Crippen molar-refractivity contribution < 1.29 is 13.2 Å². The van der Waals surface area contributed by atoms with E-state index in [4.69, 9.17) is 16.3 Å². The number of aromatic nitrogens is 3. The van der Waals surface area contributed by atoms with E-state index in [0.717, 1.165) is 38.1 Å². The maximum absolute atomic E-state index is 11.3. The van der Waals surface area contributed by atoms with Crippen molar-refractivity contribution in [3.8, 4) is 5.75 Å². The molecule has 3 aromatic heterocycles. The Bertz CT molecular complexity index is 1680. The highest BCUT2D eigenvalue weighted by Crippen LogP contribution is 2.38. The third kappa shape index (κ3) is 6.57. The first-order chi connectivity index (χ1) is 18.4. The Morgan fingerprint density at radius 3 is 2.71 bits per heavy atom. The van der Waals surface area contributed by atoms with Gasteiger partial charge in [-0.25, -0.2) is 18.4 Å². The molecule has 2 N–H and O–H groups in total. The highest BCUT2D eigenvalue weighted by Gasteiger charge is 2.14. The summed E-state index contributed by atoms with van der Waals surface area (Å²) in [6.45, 7) is 1.50. The van der Waals surface area contributed by atoms with E-state index < -0.39 is 9.84 Å². The number of pyridine rings is 1. The van der Waals surface area contributed by atoms with Gasteiger partial charge in [-0.3, -0.25) is 4.98 Å². The number of rotatable bonds is 11. The van der Waals surface area contributed by atoms with Gasteiger partial charge in [0.25, 0.3) is 0 Å². The minimum absolute atomic E-state index is 0.142. The molecule has 0 saturated carbocycles. The van der Waals surface area contributed by atoms with Crippen molar-refractivity contribution in [1.29, 1.82) is 0 Å². The van der Waals surface area contributed by atoms with Gasteiger partial charge in [0.15, 0.2) is 0 Å². The lowest BCUT2D eigenvalue weighted by Gasteiger charge is -2.11. The number of sulfone groups is 1. The molecule has 2 aromatic carbocycles. The molecule has 8 nitrogen and oxygen atoms in total. The van der Waals surface area contributed by atoms with E-state index in [1.54, 1.807) is 23.9 Å². The lowest BCUT2D eigenvalue weighted by Crippen LogP contribution is -2.24. The Labute approximate surface area is 230 Å². The molecule has 0 unspecified atom stereocenters. The summed E-state index contributed by atoms with van der Waals surface area (Å²) in [5.41, 5.74) is 2.78. The molecule has 0 saturated heterocycles. The molecule has 0 aliphatic rings. The summed E-state index contributed by atoms with van der Waals surface area (Å²) in [5, 5.41) is 9.10. The maximum atomic E-state index is 11.3. The summed E-state index contributed by atoms with van der Waals surface area (Å²) < 4.78 is 29.5. The van der Waals surface area contributed by atoms with Crippen LogP contribution in [-0.2, 0) is 22.9 Å². The molecule has 3 heterocycles.